The van der Waals surface area contributed by atoms with Crippen molar-refractivity contribution in [1.29, 1.82) is 0 Å². The third-order valence-electron chi connectivity index (χ3n) is 5.51. The Morgan fingerprint density at radius 1 is 1.21 bits per heavy atom. The van der Waals surface area contributed by atoms with Gasteiger partial charge in [0, 0.05) is 11.1 Å². The van der Waals surface area contributed by atoms with Gasteiger partial charge < -0.3 is 15.0 Å². The summed E-state index contributed by atoms with van der Waals surface area (Å²) in [7, 11) is 0. The van der Waals surface area contributed by atoms with E-state index >= 15 is 0 Å². The quantitative estimate of drug-likeness (QED) is 0.458. The van der Waals surface area contributed by atoms with Gasteiger partial charge in [-0.25, -0.2) is 15.0 Å². The van der Waals surface area contributed by atoms with E-state index in [1.807, 2.05) is 18.8 Å². The van der Waals surface area contributed by atoms with Crippen molar-refractivity contribution in [3.8, 4) is 0 Å². The molecule has 29 heavy (non-hydrogen) atoms. The second-order valence-corrected chi connectivity index (χ2v) is 9.42. The number of fused-ring (bicyclic) bond motifs is 2. The highest BCUT2D eigenvalue weighted by Gasteiger charge is 2.23. The van der Waals surface area contributed by atoms with Crippen molar-refractivity contribution < 1.29 is 5.11 Å². The van der Waals surface area contributed by atoms with Gasteiger partial charge >= 0.3 is 0 Å². The van der Waals surface area contributed by atoms with Gasteiger partial charge in [0.2, 0.25) is 0 Å². The number of nitrogens with zero attached hydrogens (tertiary/aromatic N) is 4. The van der Waals surface area contributed by atoms with Crippen LogP contribution in [0.25, 0.3) is 21.4 Å². The minimum Gasteiger partial charge on any atom is -0.391 e. The zero-order valence-electron chi connectivity index (χ0n) is 16.2. The Labute approximate surface area is 177 Å². The van der Waals surface area contributed by atoms with E-state index in [4.69, 9.17) is 4.98 Å². The van der Waals surface area contributed by atoms with Gasteiger partial charge in [0.15, 0.2) is 10.8 Å². The van der Waals surface area contributed by atoms with E-state index in [0.717, 1.165) is 63.6 Å². The van der Waals surface area contributed by atoms with Crippen LogP contribution in [0, 0.1) is 0 Å². The molecule has 0 amide bonds. The van der Waals surface area contributed by atoms with Crippen molar-refractivity contribution >= 4 is 49.6 Å². The molecular weight excluding hydrogens is 402 g/mol. The molecule has 2 atom stereocenters. The van der Waals surface area contributed by atoms with E-state index in [-0.39, 0.29) is 12.1 Å². The zero-order valence-corrected chi connectivity index (χ0v) is 17.8. The summed E-state index contributed by atoms with van der Waals surface area (Å²) in [4.78, 5) is 14.9. The number of aliphatic hydroxyl groups excluding tert-OH is 1. The molecule has 1 aromatic carbocycles. The highest BCUT2D eigenvalue weighted by atomic mass is 32.2. The average Bonchev–Trinajstić information content (AvgIpc) is 3.32. The van der Waals surface area contributed by atoms with Crippen LogP contribution in [0.4, 0.5) is 5.13 Å². The highest BCUT2D eigenvalue weighted by Crippen LogP contribution is 2.30. The fraction of sp³-hybridized carbons (Fsp3) is 0.381. The second-order valence-electron chi connectivity index (χ2n) is 7.51. The molecule has 2 N–H and O–H groups in total. The summed E-state index contributed by atoms with van der Waals surface area (Å²) in [6, 6.07) is 8.56. The predicted molar refractivity (Wildman–Crippen MR) is 120 cm³/mol. The lowest BCUT2D eigenvalue weighted by Crippen LogP contribution is -2.36. The van der Waals surface area contributed by atoms with Crippen molar-refractivity contribution in [2.75, 3.05) is 11.6 Å². The van der Waals surface area contributed by atoms with Crippen LogP contribution in [0.15, 0.2) is 41.7 Å². The molecule has 1 saturated carbocycles. The van der Waals surface area contributed by atoms with Gasteiger partial charge in [0.05, 0.1) is 35.2 Å². The number of pyridine rings is 1. The van der Waals surface area contributed by atoms with Gasteiger partial charge in [-0.2, -0.15) is 0 Å². The van der Waals surface area contributed by atoms with E-state index in [1.54, 1.807) is 23.1 Å². The molecule has 0 aliphatic heterocycles. The molecule has 5 rings (SSSR count). The topological polar surface area (TPSA) is 75.9 Å². The molecule has 0 spiro atoms. The molecule has 1 aliphatic rings. The van der Waals surface area contributed by atoms with Gasteiger partial charge in [-0.1, -0.05) is 30.2 Å². The van der Waals surface area contributed by atoms with E-state index < -0.39 is 0 Å². The average molecular weight is 426 g/mol. The van der Waals surface area contributed by atoms with Crippen LogP contribution in [0.3, 0.4) is 0 Å². The van der Waals surface area contributed by atoms with Crippen LogP contribution >= 0.6 is 23.1 Å². The molecule has 1 aliphatic carbocycles. The van der Waals surface area contributed by atoms with Crippen molar-refractivity contribution in [2.45, 2.75) is 49.3 Å². The molecule has 0 bridgehead atoms. The molecular formula is C21H23N5OS2. The van der Waals surface area contributed by atoms with E-state index in [1.165, 1.54) is 5.56 Å². The molecule has 3 heterocycles. The van der Waals surface area contributed by atoms with Gasteiger partial charge in [-0.05, 0) is 42.9 Å². The smallest absolute Gasteiger partial charge is 0.184 e. The second kappa shape index (κ2) is 7.93. The SMILES string of the molecule is CSc1cnc2c(c1)ncn2Cc1ccc2nc(NC3CCCCC3O)sc2c1. The Bertz CT molecular complexity index is 1150. The first-order valence-corrected chi connectivity index (χ1v) is 11.9. The van der Waals surface area contributed by atoms with Crippen molar-refractivity contribution in [1.82, 2.24) is 19.5 Å². The lowest BCUT2D eigenvalue weighted by Gasteiger charge is -2.27. The molecule has 3 aromatic heterocycles. The zero-order chi connectivity index (χ0) is 19.8. The summed E-state index contributed by atoms with van der Waals surface area (Å²) in [5, 5.41) is 14.6. The largest absolute Gasteiger partial charge is 0.391 e. The van der Waals surface area contributed by atoms with Gasteiger partial charge in [-0.3, -0.25) is 0 Å². The normalized spacial score (nSPS) is 19.8. The molecule has 6 nitrogen and oxygen atoms in total. The van der Waals surface area contributed by atoms with Crippen LogP contribution in [0.1, 0.15) is 31.2 Å². The fourth-order valence-corrected chi connectivity index (χ4v) is 5.30. The number of aliphatic hydroxyl groups is 1. The number of hydrogen-bond donors (Lipinski definition) is 2. The maximum atomic E-state index is 10.2. The molecule has 0 radical (unpaired) electrons. The third kappa shape index (κ3) is 3.84. The monoisotopic (exact) mass is 425 g/mol. The molecule has 4 aromatic rings. The van der Waals surface area contributed by atoms with Crippen LogP contribution in [0.2, 0.25) is 0 Å². The molecule has 2 unspecified atom stereocenters. The van der Waals surface area contributed by atoms with Crippen molar-refractivity contribution in [3.63, 3.8) is 0 Å². The fourth-order valence-electron chi connectivity index (χ4n) is 3.92. The number of rotatable bonds is 5. The summed E-state index contributed by atoms with van der Waals surface area (Å²) in [6.45, 7) is 0.722. The number of benzene rings is 1. The van der Waals surface area contributed by atoms with E-state index in [0.29, 0.717) is 0 Å². The maximum Gasteiger partial charge on any atom is 0.184 e. The van der Waals surface area contributed by atoms with Crippen molar-refractivity contribution in [3.05, 3.63) is 42.4 Å². The third-order valence-corrected chi connectivity index (χ3v) is 7.15. The standard InChI is InChI=1S/C21H23N5OS2/c1-28-14-9-17-20(22-10-14)26(12-23-17)11-13-6-7-16-19(8-13)29-21(25-16)24-15-4-2-3-5-18(15)27/h6-10,12,15,18,27H,2-5,11H2,1H3,(H,24,25). The minimum absolute atomic E-state index is 0.110. The number of nitrogens with one attached hydrogen (secondary N) is 1. The van der Waals surface area contributed by atoms with Gasteiger partial charge in [0.1, 0.15) is 5.52 Å². The van der Waals surface area contributed by atoms with Crippen LogP contribution in [0.5, 0.6) is 0 Å². The summed E-state index contributed by atoms with van der Waals surface area (Å²) in [5.74, 6) is 0. The summed E-state index contributed by atoms with van der Waals surface area (Å²) in [6.07, 6.45) is 9.67. The Balaban J connectivity index is 1.37. The number of aromatic nitrogens is 4. The molecule has 8 heteroatoms. The van der Waals surface area contributed by atoms with E-state index in [2.05, 4.69) is 44.1 Å². The lowest BCUT2D eigenvalue weighted by atomic mass is 9.93. The first kappa shape index (κ1) is 18.8. The van der Waals surface area contributed by atoms with Crippen LogP contribution < -0.4 is 5.32 Å². The predicted octanol–water partition coefficient (Wildman–Crippen LogP) is 4.53. The highest BCUT2D eigenvalue weighted by molar-refractivity contribution is 7.98. The number of hydrogen-bond acceptors (Lipinski definition) is 7. The maximum absolute atomic E-state index is 10.2. The Morgan fingerprint density at radius 2 is 2.10 bits per heavy atom. The minimum atomic E-state index is -0.278. The first-order valence-electron chi connectivity index (χ1n) is 9.88. The lowest BCUT2D eigenvalue weighted by molar-refractivity contribution is 0.116. The summed E-state index contributed by atoms with van der Waals surface area (Å²) in [5.41, 5.74) is 4.01. The van der Waals surface area contributed by atoms with E-state index in [9.17, 15) is 5.11 Å². The Kier molecular flexibility index (Phi) is 5.15. The van der Waals surface area contributed by atoms with Crippen LogP contribution in [-0.4, -0.2) is 43.0 Å². The molecule has 1 fully saturated rings. The summed E-state index contributed by atoms with van der Waals surface area (Å²) >= 11 is 3.33. The van der Waals surface area contributed by atoms with Crippen LogP contribution in [-0.2, 0) is 6.54 Å². The number of imidazole rings is 1. The number of anilines is 1. The number of thiazole rings is 1. The van der Waals surface area contributed by atoms with Gasteiger partial charge in [0.25, 0.3) is 0 Å². The van der Waals surface area contributed by atoms with Crippen molar-refractivity contribution in [2.24, 2.45) is 0 Å². The summed E-state index contributed by atoms with van der Waals surface area (Å²) < 4.78 is 3.23. The first-order chi connectivity index (χ1) is 14.2. The Morgan fingerprint density at radius 3 is 2.97 bits per heavy atom. The number of thioether (sulfide) groups is 1. The Hall–Kier alpha value is -2.16. The van der Waals surface area contributed by atoms with Gasteiger partial charge in [-0.15, -0.1) is 11.8 Å². The molecule has 0 saturated heterocycles. The molecule has 150 valence electrons.